The number of carboxylic acids is 1. The summed E-state index contributed by atoms with van der Waals surface area (Å²) < 4.78 is 10.9. The summed E-state index contributed by atoms with van der Waals surface area (Å²) >= 11 is 0. The van der Waals surface area contributed by atoms with Crippen LogP contribution in [0, 0.1) is 0 Å². The number of hydrogen-bond acceptors (Lipinski definition) is 4. The maximum atomic E-state index is 10.9. The van der Waals surface area contributed by atoms with E-state index < -0.39 is 5.97 Å². The fourth-order valence-electron chi connectivity index (χ4n) is 1.36. The largest absolute Gasteiger partial charge is 0.489 e. The molecule has 0 heterocycles. The standard InChI is InChI=1S/C13H19NO4/c1-13(2,3)18-8-7-17-10-6-4-5-9(11(10)14)12(15)16/h4-6H,7-8,14H2,1-3H3,(H,15,16). The van der Waals surface area contributed by atoms with Crippen molar-refractivity contribution in [3.8, 4) is 5.75 Å². The summed E-state index contributed by atoms with van der Waals surface area (Å²) in [5, 5.41) is 8.91. The number of ether oxygens (including phenoxy) is 2. The maximum absolute atomic E-state index is 10.9. The second-order valence-electron chi connectivity index (χ2n) is 4.83. The lowest BCUT2D eigenvalue weighted by molar-refractivity contribution is -0.0162. The number of benzene rings is 1. The van der Waals surface area contributed by atoms with Gasteiger partial charge in [0.2, 0.25) is 0 Å². The van der Waals surface area contributed by atoms with Crippen molar-refractivity contribution in [2.75, 3.05) is 18.9 Å². The minimum absolute atomic E-state index is 0.0456. The van der Waals surface area contributed by atoms with Crippen molar-refractivity contribution in [1.82, 2.24) is 0 Å². The highest BCUT2D eigenvalue weighted by molar-refractivity contribution is 5.95. The molecule has 0 aliphatic heterocycles. The molecule has 1 rings (SSSR count). The van der Waals surface area contributed by atoms with Gasteiger partial charge in [-0.25, -0.2) is 4.79 Å². The first-order valence-electron chi connectivity index (χ1n) is 5.70. The molecule has 0 saturated carbocycles. The molecule has 0 fully saturated rings. The Morgan fingerprint density at radius 3 is 2.56 bits per heavy atom. The Labute approximate surface area is 107 Å². The predicted molar refractivity (Wildman–Crippen MR) is 69.0 cm³/mol. The van der Waals surface area contributed by atoms with Crippen LogP contribution in [-0.4, -0.2) is 29.9 Å². The average Bonchev–Trinajstić information content (AvgIpc) is 2.24. The molecule has 0 aromatic heterocycles. The summed E-state index contributed by atoms with van der Waals surface area (Å²) in [5.74, 6) is -0.698. The molecule has 3 N–H and O–H groups in total. The third-order valence-corrected chi connectivity index (χ3v) is 2.17. The molecule has 0 amide bonds. The van der Waals surface area contributed by atoms with Crippen LogP contribution in [0.3, 0.4) is 0 Å². The van der Waals surface area contributed by atoms with Gasteiger partial charge in [-0.05, 0) is 32.9 Å². The second-order valence-corrected chi connectivity index (χ2v) is 4.83. The van der Waals surface area contributed by atoms with Gasteiger partial charge in [-0.3, -0.25) is 0 Å². The number of rotatable bonds is 5. The van der Waals surface area contributed by atoms with Crippen molar-refractivity contribution < 1.29 is 19.4 Å². The number of aromatic carboxylic acids is 1. The summed E-state index contributed by atoms with van der Waals surface area (Å²) in [6.45, 7) is 6.59. The van der Waals surface area contributed by atoms with Crippen LogP contribution >= 0.6 is 0 Å². The topological polar surface area (TPSA) is 81.8 Å². The van der Waals surface area contributed by atoms with E-state index in [9.17, 15) is 4.79 Å². The predicted octanol–water partition coefficient (Wildman–Crippen LogP) is 2.16. The van der Waals surface area contributed by atoms with Crippen LogP contribution in [0.15, 0.2) is 18.2 Å². The van der Waals surface area contributed by atoms with Crippen molar-refractivity contribution in [3.63, 3.8) is 0 Å². The summed E-state index contributed by atoms with van der Waals surface area (Å²) in [4.78, 5) is 10.9. The zero-order valence-corrected chi connectivity index (χ0v) is 10.9. The van der Waals surface area contributed by atoms with E-state index in [-0.39, 0.29) is 16.9 Å². The Hall–Kier alpha value is -1.75. The zero-order chi connectivity index (χ0) is 13.8. The highest BCUT2D eigenvalue weighted by Crippen LogP contribution is 2.25. The molecule has 5 heteroatoms. The van der Waals surface area contributed by atoms with Gasteiger partial charge in [-0.15, -0.1) is 0 Å². The summed E-state index contributed by atoms with van der Waals surface area (Å²) in [7, 11) is 0. The number of anilines is 1. The van der Waals surface area contributed by atoms with Gasteiger partial charge in [-0.2, -0.15) is 0 Å². The number of carboxylic acid groups (broad SMARTS) is 1. The van der Waals surface area contributed by atoms with Crippen LogP contribution in [0.5, 0.6) is 5.75 Å². The van der Waals surface area contributed by atoms with E-state index in [0.717, 1.165) is 0 Å². The third-order valence-electron chi connectivity index (χ3n) is 2.17. The minimum atomic E-state index is -1.07. The van der Waals surface area contributed by atoms with E-state index >= 15 is 0 Å². The maximum Gasteiger partial charge on any atom is 0.337 e. The fraction of sp³-hybridized carbons (Fsp3) is 0.462. The van der Waals surface area contributed by atoms with E-state index in [1.807, 2.05) is 20.8 Å². The van der Waals surface area contributed by atoms with E-state index in [0.29, 0.717) is 19.0 Å². The Bertz CT molecular complexity index is 423. The lowest BCUT2D eigenvalue weighted by atomic mass is 10.1. The number of carbonyl (C=O) groups is 1. The molecule has 1 aromatic carbocycles. The monoisotopic (exact) mass is 253 g/mol. The molecule has 18 heavy (non-hydrogen) atoms. The van der Waals surface area contributed by atoms with Crippen molar-refractivity contribution >= 4 is 11.7 Å². The van der Waals surface area contributed by atoms with Crippen molar-refractivity contribution in [1.29, 1.82) is 0 Å². The Morgan fingerprint density at radius 2 is 2.00 bits per heavy atom. The number of hydrogen-bond donors (Lipinski definition) is 2. The van der Waals surface area contributed by atoms with Crippen LogP contribution in [0.25, 0.3) is 0 Å². The van der Waals surface area contributed by atoms with Gasteiger partial charge < -0.3 is 20.3 Å². The van der Waals surface area contributed by atoms with Crippen molar-refractivity contribution in [2.45, 2.75) is 26.4 Å². The lowest BCUT2D eigenvalue weighted by Crippen LogP contribution is -2.22. The quantitative estimate of drug-likeness (QED) is 0.620. The molecule has 0 atom stereocenters. The molecule has 0 aliphatic rings. The second kappa shape index (κ2) is 5.73. The molecular formula is C13H19NO4. The van der Waals surface area contributed by atoms with Crippen LogP contribution in [0.4, 0.5) is 5.69 Å². The Morgan fingerprint density at radius 1 is 1.33 bits per heavy atom. The lowest BCUT2D eigenvalue weighted by Gasteiger charge is -2.19. The van der Waals surface area contributed by atoms with E-state index in [2.05, 4.69) is 0 Å². The zero-order valence-electron chi connectivity index (χ0n) is 10.9. The SMILES string of the molecule is CC(C)(C)OCCOc1cccc(C(=O)O)c1N. The smallest absolute Gasteiger partial charge is 0.337 e. The van der Waals surface area contributed by atoms with Gasteiger partial charge in [0.25, 0.3) is 0 Å². The normalized spacial score (nSPS) is 11.3. The molecule has 0 spiro atoms. The van der Waals surface area contributed by atoms with E-state index in [1.165, 1.54) is 6.07 Å². The average molecular weight is 253 g/mol. The molecule has 0 aliphatic carbocycles. The highest BCUT2D eigenvalue weighted by Gasteiger charge is 2.13. The van der Waals surface area contributed by atoms with Crippen LogP contribution in [-0.2, 0) is 4.74 Å². The summed E-state index contributed by atoms with van der Waals surface area (Å²) in [5.41, 5.74) is 5.67. The van der Waals surface area contributed by atoms with Gasteiger partial charge in [0.05, 0.1) is 23.5 Å². The molecule has 0 bridgehead atoms. The van der Waals surface area contributed by atoms with Crippen LogP contribution in [0.1, 0.15) is 31.1 Å². The fourth-order valence-corrected chi connectivity index (χ4v) is 1.36. The van der Waals surface area contributed by atoms with Gasteiger partial charge >= 0.3 is 5.97 Å². The Kier molecular flexibility index (Phi) is 4.55. The molecule has 100 valence electrons. The Balaban J connectivity index is 2.58. The number of para-hydroxylation sites is 1. The van der Waals surface area contributed by atoms with Gasteiger partial charge in [0.1, 0.15) is 12.4 Å². The van der Waals surface area contributed by atoms with Gasteiger partial charge in [0, 0.05) is 0 Å². The first kappa shape index (κ1) is 14.3. The molecule has 0 radical (unpaired) electrons. The first-order chi connectivity index (χ1) is 8.31. The van der Waals surface area contributed by atoms with Crippen LogP contribution < -0.4 is 10.5 Å². The third kappa shape index (κ3) is 4.25. The molecule has 5 nitrogen and oxygen atoms in total. The summed E-state index contributed by atoms with van der Waals surface area (Å²) in [6.07, 6.45) is 0. The highest BCUT2D eigenvalue weighted by atomic mass is 16.5. The number of nitrogen functional groups attached to an aromatic ring is 1. The molecular weight excluding hydrogens is 234 g/mol. The minimum Gasteiger partial charge on any atom is -0.489 e. The number of nitrogens with two attached hydrogens (primary N) is 1. The molecule has 0 unspecified atom stereocenters. The molecule has 1 aromatic rings. The van der Waals surface area contributed by atoms with E-state index in [1.54, 1.807) is 12.1 Å². The van der Waals surface area contributed by atoms with Crippen molar-refractivity contribution in [2.24, 2.45) is 0 Å². The molecule has 0 saturated heterocycles. The van der Waals surface area contributed by atoms with Gasteiger partial charge in [-0.1, -0.05) is 6.07 Å². The van der Waals surface area contributed by atoms with E-state index in [4.69, 9.17) is 20.3 Å². The first-order valence-corrected chi connectivity index (χ1v) is 5.70. The van der Waals surface area contributed by atoms with Gasteiger partial charge in [0.15, 0.2) is 0 Å². The van der Waals surface area contributed by atoms with Crippen molar-refractivity contribution in [3.05, 3.63) is 23.8 Å². The van der Waals surface area contributed by atoms with Crippen LogP contribution in [0.2, 0.25) is 0 Å². The summed E-state index contributed by atoms with van der Waals surface area (Å²) in [6, 6.07) is 4.68.